The molecule has 1 amide bonds. The number of anilines is 1. The minimum Gasteiger partial charge on any atom is -0.461 e. The van der Waals surface area contributed by atoms with Crippen molar-refractivity contribution in [1.29, 1.82) is 0 Å². The summed E-state index contributed by atoms with van der Waals surface area (Å²) in [5.74, 6) is -1.07. The number of nitrogens with one attached hydrogen (secondary N) is 1. The second-order valence-electron chi connectivity index (χ2n) is 6.44. The fourth-order valence-electron chi connectivity index (χ4n) is 3.04. The van der Waals surface area contributed by atoms with Crippen LogP contribution < -0.4 is 10.9 Å². The molecule has 4 rings (SSSR count). The summed E-state index contributed by atoms with van der Waals surface area (Å²) in [5.41, 5.74) is 0.368. The van der Waals surface area contributed by atoms with Crippen molar-refractivity contribution in [3.63, 3.8) is 0 Å². The average Bonchev–Trinajstić information content (AvgIpc) is 3.19. The lowest BCUT2D eigenvalue weighted by molar-refractivity contribution is 0.0520. The predicted molar refractivity (Wildman–Crippen MR) is 121 cm³/mol. The Balaban J connectivity index is 1.88. The number of aromatic nitrogens is 2. The highest BCUT2D eigenvalue weighted by molar-refractivity contribution is 7.16. The highest BCUT2D eigenvalue weighted by Gasteiger charge is 2.23. The van der Waals surface area contributed by atoms with Gasteiger partial charge >= 0.3 is 5.97 Å². The average molecular weight is 454 g/mol. The zero-order chi connectivity index (χ0) is 22.0. The van der Waals surface area contributed by atoms with E-state index < -0.39 is 17.4 Å². The smallest absolute Gasteiger partial charge is 0.359 e. The zero-order valence-corrected chi connectivity index (χ0v) is 17.9. The van der Waals surface area contributed by atoms with Crippen LogP contribution in [0.3, 0.4) is 0 Å². The molecule has 0 atom stereocenters. The van der Waals surface area contributed by atoms with Gasteiger partial charge < -0.3 is 10.1 Å². The van der Waals surface area contributed by atoms with E-state index in [-0.39, 0.29) is 17.7 Å². The fourth-order valence-corrected chi connectivity index (χ4v) is 4.16. The second kappa shape index (κ2) is 8.71. The lowest BCUT2D eigenvalue weighted by atomic mass is 10.2. The first-order chi connectivity index (χ1) is 15.0. The summed E-state index contributed by atoms with van der Waals surface area (Å²) in [4.78, 5) is 38.6. The van der Waals surface area contributed by atoms with Crippen molar-refractivity contribution >= 4 is 50.6 Å². The number of fused-ring (bicyclic) bond motifs is 1. The lowest BCUT2D eigenvalue weighted by Gasteiger charge is -2.10. The van der Waals surface area contributed by atoms with E-state index in [1.165, 1.54) is 6.07 Å². The Morgan fingerprint density at radius 2 is 1.94 bits per heavy atom. The summed E-state index contributed by atoms with van der Waals surface area (Å²) in [6.45, 7) is 1.85. The van der Waals surface area contributed by atoms with Gasteiger partial charge in [0.25, 0.3) is 11.5 Å². The number of carbonyl (C=O) groups excluding carboxylic acids is 2. The van der Waals surface area contributed by atoms with Gasteiger partial charge in [0, 0.05) is 21.4 Å². The summed E-state index contributed by atoms with van der Waals surface area (Å²) < 4.78 is 6.26. The number of para-hydroxylation sites is 1. The van der Waals surface area contributed by atoms with Crippen molar-refractivity contribution in [2.45, 2.75) is 6.92 Å². The first kappa shape index (κ1) is 20.8. The third kappa shape index (κ3) is 4.08. The number of nitrogens with zero attached hydrogens (tertiary/aromatic N) is 2. The molecule has 4 aromatic rings. The van der Waals surface area contributed by atoms with E-state index in [1.54, 1.807) is 60.8 Å². The Bertz CT molecular complexity index is 1350. The van der Waals surface area contributed by atoms with Crippen LogP contribution in [0, 0.1) is 0 Å². The van der Waals surface area contributed by atoms with Gasteiger partial charge in [0.2, 0.25) is 0 Å². The number of esters is 1. The van der Waals surface area contributed by atoms with Crippen molar-refractivity contribution in [2.24, 2.45) is 0 Å². The van der Waals surface area contributed by atoms with Crippen LogP contribution in [0.1, 0.15) is 27.8 Å². The monoisotopic (exact) mass is 453 g/mol. The van der Waals surface area contributed by atoms with Crippen LogP contribution in [-0.4, -0.2) is 28.3 Å². The summed E-state index contributed by atoms with van der Waals surface area (Å²) in [7, 11) is 0. The first-order valence-corrected chi connectivity index (χ1v) is 10.6. The minimum absolute atomic E-state index is 0.000178. The fraction of sp³-hybridized carbons (Fsp3) is 0.0909. The second-order valence-corrected chi connectivity index (χ2v) is 7.76. The standard InChI is InChI=1S/C22H16ClN3O4S/c1-2-30-22(29)18-16-12-31-20(24-19(27)13-7-6-8-14(23)11-13)17(16)21(28)26(25-18)15-9-4-3-5-10-15/h3-12H,2H2,1H3,(H,24,27). The molecule has 2 aromatic carbocycles. The molecule has 0 spiro atoms. The molecular formula is C22H16ClN3O4S. The number of thiophene rings is 1. The van der Waals surface area contributed by atoms with Crippen LogP contribution in [0.2, 0.25) is 5.02 Å². The molecule has 156 valence electrons. The molecule has 0 unspecified atom stereocenters. The third-order valence-corrected chi connectivity index (χ3v) is 5.57. The van der Waals surface area contributed by atoms with E-state index in [2.05, 4.69) is 10.4 Å². The Morgan fingerprint density at radius 1 is 1.16 bits per heavy atom. The molecule has 0 aliphatic rings. The number of ether oxygens (including phenoxy) is 1. The summed E-state index contributed by atoms with van der Waals surface area (Å²) in [6, 6.07) is 15.2. The van der Waals surface area contributed by atoms with Crippen LogP contribution in [0.4, 0.5) is 5.00 Å². The number of amides is 1. The van der Waals surface area contributed by atoms with Crippen LogP contribution >= 0.6 is 22.9 Å². The molecule has 0 saturated carbocycles. The Hall–Kier alpha value is -3.49. The molecule has 0 fully saturated rings. The molecular weight excluding hydrogens is 438 g/mol. The summed E-state index contributed by atoms with van der Waals surface area (Å²) in [5, 5.41) is 9.85. The van der Waals surface area contributed by atoms with Gasteiger partial charge in [-0.15, -0.1) is 11.3 Å². The van der Waals surface area contributed by atoms with Gasteiger partial charge in [0.1, 0.15) is 5.00 Å². The molecule has 2 aromatic heterocycles. The maximum absolute atomic E-state index is 13.3. The van der Waals surface area contributed by atoms with E-state index in [9.17, 15) is 14.4 Å². The van der Waals surface area contributed by atoms with Crippen molar-refractivity contribution in [3.8, 4) is 5.69 Å². The van der Waals surface area contributed by atoms with Crippen molar-refractivity contribution < 1.29 is 14.3 Å². The van der Waals surface area contributed by atoms with Gasteiger partial charge in [-0.3, -0.25) is 9.59 Å². The number of benzene rings is 2. The minimum atomic E-state index is -0.650. The highest BCUT2D eigenvalue weighted by atomic mass is 35.5. The number of hydrogen-bond donors (Lipinski definition) is 1. The SMILES string of the molecule is CCOC(=O)c1nn(-c2ccccc2)c(=O)c2c(NC(=O)c3cccc(Cl)c3)scc12. The van der Waals surface area contributed by atoms with E-state index in [1.807, 2.05) is 0 Å². The molecule has 0 aliphatic carbocycles. The van der Waals surface area contributed by atoms with Gasteiger partial charge in [-0.2, -0.15) is 9.78 Å². The highest BCUT2D eigenvalue weighted by Crippen LogP contribution is 2.31. The Morgan fingerprint density at radius 3 is 2.65 bits per heavy atom. The molecule has 0 saturated heterocycles. The quantitative estimate of drug-likeness (QED) is 0.448. The van der Waals surface area contributed by atoms with Crippen molar-refractivity contribution in [3.05, 3.63) is 86.6 Å². The number of carbonyl (C=O) groups is 2. The first-order valence-electron chi connectivity index (χ1n) is 9.33. The predicted octanol–water partition coefficient (Wildman–Crippen LogP) is 4.53. The molecule has 0 bridgehead atoms. The largest absolute Gasteiger partial charge is 0.461 e. The van der Waals surface area contributed by atoms with Crippen LogP contribution in [0.25, 0.3) is 16.5 Å². The third-order valence-electron chi connectivity index (χ3n) is 4.44. The van der Waals surface area contributed by atoms with E-state index in [0.717, 1.165) is 16.0 Å². The summed E-state index contributed by atoms with van der Waals surface area (Å²) >= 11 is 7.11. The normalized spacial score (nSPS) is 10.8. The molecule has 0 radical (unpaired) electrons. The van der Waals surface area contributed by atoms with Crippen LogP contribution in [-0.2, 0) is 4.74 Å². The van der Waals surface area contributed by atoms with Gasteiger partial charge in [0.15, 0.2) is 5.69 Å². The van der Waals surface area contributed by atoms with Gasteiger partial charge in [-0.25, -0.2) is 4.79 Å². The maximum atomic E-state index is 13.3. The van der Waals surface area contributed by atoms with Crippen molar-refractivity contribution in [1.82, 2.24) is 9.78 Å². The van der Waals surface area contributed by atoms with E-state index >= 15 is 0 Å². The Kier molecular flexibility index (Phi) is 5.83. The number of halogens is 1. The lowest BCUT2D eigenvalue weighted by Crippen LogP contribution is -2.25. The van der Waals surface area contributed by atoms with Crippen molar-refractivity contribution in [2.75, 3.05) is 11.9 Å². The van der Waals surface area contributed by atoms with Crippen LogP contribution in [0.5, 0.6) is 0 Å². The van der Waals surface area contributed by atoms with Gasteiger partial charge in [-0.05, 0) is 37.3 Å². The topological polar surface area (TPSA) is 90.3 Å². The molecule has 1 N–H and O–H groups in total. The van der Waals surface area contributed by atoms with E-state index in [0.29, 0.717) is 26.7 Å². The number of rotatable bonds is 5. The molecule has 31 heavy (non-hydrogen) atoms. The van der Waals surface area contributed by atoms with Crippen LogP contribution in [0.15, 0.2) is 64.8 Å². The van der Waals surface area contributed by atoms with Gasteiger partial charge in [0.05, 0.1) is 17.7 Å². The molecule has 9 heteroatoms. The Labute approximate surface area is 185 Å². The zero-order valence-electron chi connectivity index (χ0n) is 16.3. The number of hydrogen-bond acceptors (Lipinski definition) is 6. The van der Waals surface area contributed by atoms with Gasteiger partial charge in [-0.1, -0.05) is 35.9 Å². The molecule has 2 heterocycles. The maximum Gasteiger partial charge on any atom is 0.359 e. The molecule has 7 nitrogen and oxygen atoms in total. The van der Waals surface area contributed by atoms with E-state index in [4.69, 9.17) is 16.3 Å². The summed E-state index contributed by atoms with van der Waals surface area (Å²) in [6.07, 6.45) is 0. The molecule has 0 aliphatic heterocycles.